The summed E-state index contributed by atoms with van der Waals surface area (Å²) in [5.74, 6) is -0.316. The number of Topliss-reactive ketones (excluding diaryl/α,β-unsaturated/α-hetero) is 1. The van der Waals surface area contributed by atoms with E-state index in [0.717, 1.165) is 24.9 Å². The molecule has 5 heteroatoms. The zero-order valence-corrected chi connectivity index (χ0v) is 15.3. The summed E-state index contributed by atoms with van der Waals surface area (Å²) in [7, 11) is 0. The molecule has 0 aliphatic carbocycles. The third-order valence-electron chi connectivity index (χ3n) is 5.06. The molecule has 26 heavy (non-hydrogen) atoms. The van der Waals surface area contributed by atoms with Crippen LogP contribution in [0, 0.1) is 5.82 Å². The van der Waals surface area contributed by atoms with Gasteiger partial charge in [-0.1, -0.05) is 23.7 Å². The first-order valence-corrected chi connectivity index (χ1v) is 9.35. The minimum atomic E-state index is -0.860. The molecule has 2 N–H and O–H groups in total. The molecule has 0 amide bonds. The molecule has 1 fully saturated rings. The highest BCUT2D eigenvalue weighted by Crippen LogP contribution is 2.34. The smallest absolute Gasteiger partial charge is 0.162 e. The van der Waals surface area contributed by atoms with E-state index in [1.165, 1.54) is 24.3 Å². The van der Waals surface area contributed by atoms with E-state index >= 15 is 0 Å². The van der Waals surface area contributed by atoms with Crippen LogP contribution in [0.1, 0.15) is 48.0 Å². The van der Waals surface area contributed by atoms with Crippen molar-refractivity contribution in [3.8, 4) is 0 Å². The molecule has 2 aromatic rings. The van der Waals surface area contributed by atoms with E-state index < -0.39 is 5.60 Å². The molecule has 0 saturated carbocycles. The Bertz CT molecular complexity index is 748. The van der Waals surface area contributed by atoms with Crippen molar-refractivity contribution in [2.75, 3.05) is 6.54 Å². The number of ketones is 1. The molecule has 1 aliphatic heterocycles. The van der Waals surface area contributed by atoms with E-state index in [-0.39, 0.29) is 17.6 Å². The predicted molar refractivity (Wildman–Crippen MR) is 101 cm³/mol. The number of aliphatic hydroxyl groups is 1. The molecule has 0 aromatic heterocycles. The SMILES string of the molecule is O=C(CCCC1CC(O)(c2ccc(Cl)cc2)CCN1)c1ccc(F)cc1. The number of rotatable bonds is 6. The van der Waals surface area contributed by atoms with E-state index in [0.29, 0.717) is 29.8 Å². The predicted octanol–water partition coefficient (Wildman–Crippen LogP) is 4.47. The van der Waals surface area contributed by atoms with Crippen LogP contribution in [0.25, 0.3) is 0 Å². The monoisotopic (exact) mass is 375 g/mol. The largest absolute Gasteiger partial charge is 0.385 e. The van der Waals surface area contributed by atoms with E-state index in [1.54, 1.807) is 12.1 Å². The maximum absolute atomic E-state index is 12.9. The van der Waals surface area contributed by atoms with Crippen molar-refractivity contribution in [3.63, 3.8) is 0 Å². The Hall–Kier alpha value is -1.75. The van der Waals surface area contributed by atoms with E-state index in [4.69, 9.17) is 11.6 Å². The van der Waals surface area contributed by atoms with Gasteiger partial charge in [0.15, 0.2) is 5.78 Å². The molecule has 0 bridgehead atoms. The van der Waals surface area contributed by atoms with Gasteiger partial charge in [-0.15, -0.1) is 0 Å². The van der Waals surface area contributed by atoms with Crippen LogP contribution in [0.2, 0.25) is 5.02 Å². The van der Waals surface area contributed by atoms with Crippen LogP contribution in [0.4, 0.5) is 4.39 Å². The van der Waals surface area contributed by atoms with Crippen LogP contribution in [0.3, 0.4) is 0 Å². The van der Waals surface area contributed by atoms with Crippen LogP contribution >= 0.6 is 11.6 Å². The van der Waals surface area contributed by atoms with Crippen molar-refractivity contribution in [1.82, 2.24) is 5.32 Å². The van der Waals surface area contributed by atoms with Gasteiger partial charge in [0.25, 0.3) is 0 Å². The Kier molecular flexibility index (Phi) is 6.07. The highest BCUT2D eigenvalue weighted by Gasteiger charge is 2.35. The zero-order chi connectivity index (χ0) is 18.6. The van der Waals surface area contributed by atoms with Gasteiger partial charge in [0.05, 0.1) is 5.60 Å². The minimum Gasteiger partial charge on any atom is -0.385 e. The molecule has 1 heterocycles. The third kappa shape index (κ3) is 4.70. The first-order chi connectivity index (χ1) is 12.5. The fourth-order valence-electron chi connectivity index (χ4n) is 3.58. The van der Waals surface area contributed by atoms with Crippen molar-refractivity contribution in [1.29, 1.82) is 0 Å². The normalized spacial score (nSPS) is 23.0. The Morgan fingerprint density at radius 1 is 1.19 bits per heavy atom. The lowest BCUT2D eigenvalue weighted by atomic mass is 9.80. The molecule has 0 spiro atoms. The van der Waals surface area contributed by atoms with Crippen molar-refractivity contribution >= 4 is 17.4 Å². The molecular weight excluding hydrogens is 353 g/mol. The molecule has 2 atom stereocenters. The number of piperidine rings is 1. The third-order valence-corrected chi connectivity index (χ3v) is 5.31. The van der Waals surface area contributed by atoms with Gasteiger partial charge >= 0.3 is 0 Å². The van der Waals surface area contributed by atoms with E-state index in [9.17, 15) is 14.3 Å². The summed E-state index contributed by atoms with van der Waals surface area (Å²) < 4.78 is 12.9. The summed E-state index contributed by atoms with van der Waals surface area (Å²) in [6.45, 7) is 0.732. The molecule has 0 radical (unpaired) electrons. The lowest BCUT2D eigenvalue weighted by Crippen LogP contribution is -2.46. The zero-order valence-electron chi connectivity index (χ0n) is 14.6. The Labute approximate surface area is 158 Å². The minimum absolute atomic E-state index is 0.0220. The summed E-state index contributed by atoms with van der Waals surface area (Å²) in [6.07, 6.45) is 3.22. The quantitative estimate of drug-likeness (QED) is 0.732. The maximum Gasteiger partial charge on any atom is 0.162 e. The van der Waals surface area contributed by atoms with Crippen LogP contribution in [-0.2, 0) is 5.60 Å². The topological polar surface area (TPSA) is 49.3 Å². The number of hydrogen-bond donors (Lipinski definition) is 2. The second kappa shape index (κ2) is 8.30. The molecular formula is C21H23ClFNO2. The standard InChI is InChI=1S/C21H23ClFNO2/c22-17-8-6-16(7-9-17)21(26)12-13-24-19(14-21)2-1-3-20(25)15-4-10-18(23)11-5-15/h4-11,19,24,26H,1-3,12-14H2. The second-order valence-electron chi connectivity index (χ2n) is 6.97. The summed E-state index contributed by atoms with van der Waals surface area (Å²) >= 11 is 5.94. The first kappa shape index (κ1) is 19.0. The van der Waals surface area contributed by atoms with Crippen LogP contribution in [0.5, 0.6) is 0 Å². The highest BCUT2D eigenvalue weighted by molar-refractivity contribution is 6.30. The van der Waals surface area contributed by atoms with E-state index in [1.807, 2.05) is 12.1 Å². The molecule has 2 aromatic carbocycles. The lowest BCUT2D eigenvalue weighted by Gasteiger charge is -2.38. The highest BCUT2D eigenvalue weighted by atomic mass is 35.5. The Morgan fingerprint density at radius 3 is 2.58 bits per heavy atom. The average molecular weight is 376 g/mol. The molecule has 1 aliphatic rings. The van der Waals surface area contributed by atoms with Crippen LogP contribution < -0.4 is 5.32 Å². The Balaban J connectivity index is 1.53. The molecule has 2 unspecified atom stereocenters. The number of halogens is 2. The van der Waals surface area contributed by atoms with Gasteiger partial charge in [-0.3, -0.25) is 4.79 Å². The lowest BCUT2D eigenvalue weighted by molar-refractivity contribution is -0.0103. The van der Waals surface area contributed by atoms with E-state index in [2.05, 4.69) is 5.32 Å². The Morgan fingerprint density at radius 2 is 1.88 bits per heavy atom. The van der Waals surface area contributed by atoms with Crippen molar-refractivity contribution in [2.45, 2.75) is 43.7 Å². The summed E-state index contributed by atoms with van der Waals surface area (Å²) in [4.78, 5) is 12.2. The number of carbonyl (C=O) groups excluding carboxylic acids is 1. The second-order valence-corrected chi connectivity index (χ2v) is 7.40. The summed E-state index contributed by atoms with van der Waals surface area (Å²) in [5, 5.41) is 15.1. The molecule has 1 saturated heterocycles. The summed E-state index contributed by atoms with van der Waals surface area (Å²) in [5.41, 5.74) is 0.568. The first-order valence-electron chi connectivity index (χ1n) is 8.97. The number of carbonyl (C=O) groups is 1. The van der Waals surface area contributed by atoms with Crippen molar-refractivity contribution < 1.29 is 14.3 Å². The fraction of sp³-hybridized carbons (Fsp3) is 0.381. The number of benzene rings is 2. The van der Waals surface area contributed by atoms with Gasteiger partial charge in [0, 0.05) is 23.0 Å². The van der Waals surface area contributed by atoms with Gasteiger partial charge in [-0.05, 0) is 74.2 Å². The van der Waals surface area contributed by atoms with Crippen molar-refractivity contribution in [3.05, 3.63) is 70.5 Å². The fourth-order valence-corrected chi connectivity index (χ4v) is 3.71. The van der Waals surface area contributed by atoms with Crippen LogP contribution in [-0.4, -0.2) is 23.5 Å². The van der Waals surface area contributed by atoms with Crippen molar-refractivity contribution in [2.24, 2.45) is 0 Å². The van der Waals surface area contributed by atoms with Gasteiger partial charge in [-0.25, -0.2) is 4.39 Å². The number of hydrogen-bond acceptors (Lipinski definition) is 3. The van der Waals surface area contributed by atoms with Crippen LogP contribution in [0.15, 0.2) is 48.5 Å². The van der Waals surface area contributed by atoms with Gasteiger partial charge in [0.1, 0.15) is 5.82 Å². The molecule has 3 rings (SSSR count). The summed E-state index contributed by atoms with van der Waals surface area (Å²) in [6, 6.07) is 13.2. The maximum atomic E-state index is 12.9. The molecule has 3 nitrogen and oxygen atoms in total. The van der Waals surface area contributed by atoms with Gasteiger partial charge < -0.3 is 10.4 Å². The number of nitrogens with one attached hydrogen (secondary N) is 1. The molecule has 138 valence electrons. The van der Waals surface area contributed by atoms with Gasteiger partial charge in [-0.2, -0.15) is 0 Å². The van der Waals surface area contributed by atoms with Gasteiger partial charge in [0.2, 0.25) is 0 Å². The average Bonchev–Trinajstić information content (AvgIpc) is 2.63.